The monoisotopic (exact) mass is 356 g/mol. The third-order valence-electron chi connectivity index (χ3n) is 4.31. The van der Waals surface area contributed by atoms with Crippen LogP contribution in [-0.4, -0.2) is 65.6 Å². The molecule has 0 aromatic heterocycles. The van der Waals surface area contributed by atoms with Gasteiger partial charge in [-0.15, -0.1) is 0 Å². The molecule has 1 atom stereocenters. The molecule has 1 aliphatic rings. The highest BCUT2D eigenvalue weighted by Crippen LogP contribution is 2.22. The molecule has 24 heavy (non-hydrogen) atoms. The maximum absolute atomic E-state index is 12.1. The van der Waals surface area contributed by atoms with E-state index in [-0.39, 0.29) is 18.4 Å². The van der Waals surface area contributed by atoms with Crippen LogP contribution in [0.25, 0.3) is 0 Å². The Morgan fingerprint density at radius 3 is 2.50 bits per heavy atom. The Morgan fingerprint density at radius 2 is 1.92 bits per heavy atom. The molecule has 0 bridgehead atoms. The smallest absolute Gasteiger partial charge is 0.213 e. The molecule has 1 aromatic rings. The summed E-state index contributed by atoms with van der Waals surface area (Å²) in [5.74, 6) is -0.0197. The van der Waals surface area contributed by atoms with Crippen LogP contribution in [0.15, 0.2) is 24.3 Å². The fraction of sp³-hybridized carbons (Fsp3) is 0.647. The van der Waals surface area contributed by atoms with Gasteiger partial charge in [-0.2, -0.15) is 0 Å². The normalized spacial score (nSPS) is 17.8. The molecule has 136 valence electrons. The third-order valence-corrected chi connectivity index (χ3v) is 5.62. The third kappa shape index (κ3) is 5.82. The Hall–Kier alpha value is -0.990. The number of nitrogens with zero attached hydrogens (tertiary/aromatic N) is 1. The highest BCUT2D eigenvalue weighted by molar-refractivity contribution is 7.89. The van der Waals surface area contributed by atoms with E-state index >= 15 is 0 Å². The first-order valence-corrected chi connectivity index (χ1v) is 10.1. The largest absolute Gasteiger partial charge is 0.384 e. The number of morpholine rings is 1. The molecule has 2 rings (SSSR count). The van der Waals surface area contributed by atoms with Crippen LogP contribution in [0, 0.1) is 0 Å². The Labute approximate surface area is 145 Å². The average Bonchev–Trinajstić information content (AvgIpc) is 2.61. The molecule has 0 saturated carbocycles. The second-order valence-electron chi connectivity index (χ2n) is 5.92. The van der Waals surface area contributed by atoms with E-state index in [2.05, 4.69) is 40.8 Å². The van der Waals surface area contributed by atoms with Gasteiger partial charge in [0.15, 0.2) is 0 Å². The molecular formula is C17H28N2O4S. The van der Waals surface area contributed by atoms with Crippen LogP contribution in [0.2, 0.25) is 0 Å². The molecule has 6 nitrogen and oxygen atoms in total. The van der Waals surface area contributed by atoms with Crippen molar-refractivity contribution in [3.8, 4) is 0 Å². The number of benzene rings is 1. The van der Waals surface area contributed by atoms with Crippen LogP contribution < -0.4 is 4.72 Å². The van der Waals surface area contributed by atoms with Gasteiger partial charge < -0.3 is 9.47 Å². The minimum absolute atomic E-state index is 0.0112. The van der Waals surface area contributed by atoms with E-state index < -0.39 is 10.0 Å². The van der Waals surface area contributed by atoms with Gasteiger partial charge in [0.1, 0.15) is 0 Å². The number of aryl methyl sites for hydroxylation is 1. The number of hydrogen-bond acceptors (Lipinski definition) is 5. The summed E-state index contributed by atoms with van der Waals surface area (Å²) in [5.41, 5.74) is 2.41. The summed E-state index contributed by atoms with van der Waals surface area (Å²) < 4.78 is 37.2. The molecule has 1 saturated heterocycles. The quantitative estimate of drug-likeness (QED) is 0.720. The maximum atomic E-state index is 12.1. The molecule has 1 aromatic carbocycles. The Bertz CT molecular complexity index is 583. The molecule has 1 N–H and O–H groups in total. The molecule has 1 fully saturated rings. The van der Waals surface area contributed by atoms with E-state index in [9.17, 15) is 8.42 Å². The van der Waals surface area contributed by atoms with E-state index in [1.807, 2.05) is 0 Å². The second-order valence-corrected chi connectivity index (χ2v) is 7.85. The van der Waals surface area contributed by atoms with Crippen molar-refractivity contribution in [2.24, 2.45) is 0 Å². The van der Waals surface area contributed by atoms with Crippen molar-refractivity contribution in [1.29, 1.82) is 0 Å². The van der Waals surface area contributed by atoms with Crippen molar-refractivity contribution in [1.82, 2.24) is 9.62 Å². The Balaban J connectivity index is 2.10. The summed E-state index contributed by atoms with van der Waals surface area (Å²) in [7, 11) is -1.83. The first-order chi connectivity index (χ1) is 11.6. The lowest BCUT2D eigenvalue weighted by atomic mass is 10.0. The van der Waals surface area contributed by atoms with Crippen molar-refractivity contribution in [2.45, 2.75) is 19.4 Å². The lowest BCUT2D eigenvalue weighted by Gasteiger charge is -2.35. The number of sulfonamides is 1. The SMILES string of the molecule is CCc1ccc(C(CNS(=O)(=O)CCOC)N2CCOCC2)cc1. The van der Waals surface area contributed by atoms with Crippen LogP contribution in [0.4, 0.5) is 0 Å². The summed E-state index contributed by atoms with van der Waals surface area (Å²) in [4.78, 5) is 2.28. The molecule has 0 aliphatic carbocycles. The van der Waals surface area contributed by atoms with Gasteiger partial charge in [-0.25, -0.2) is 13.1 Å². The van der Waals surface area contributed by atoms with Crippen molar-refractivity contribution in [3.05, 3.63) is 35.4 Å². The lowest BCUT2D eigenvalue weighted by molar-refractivity contribution is 0.0172. The molecule has 1 aliphatic heterocycles. The van der Waals surface area contributed by atoms with Gasteiger partial charge in [-0.1, -0.05) is 31.2 Å². The molecule has 0 spiro atoms. The second kappa shape index (κ2) is 9.48. The first-order valence-electron chi connectivity index (χ1n) is 8.42. The predicted octanol–water partition coefficient (Wildman–Crippen LogP) is 1.19. The van der Waals surface area contributed by atoms with E-state index in [1.165, 1.54) is 12.7 Å². The molecule has 7 heteroatoms. The summed E-state index contributed by atoms with van der Waals surface area (Å²) in [6, 6.07) is 8.44. The summed E-state index contributed by atoms with van der Waals surface area (Å²) >= 11 is 0. The molecule has 1 unspecified atom stereocenters. The van der Waals surface area contributed by atoms with Gasteiger partial charge in [0.25, 0.3) is 0 Å². The van der Waals surface area contributed by atoms with Crippen LogP contribution in [0.1, 0.15) is 24.1 Å². The fourth-order valence-electron chi connectivity index (χ4n) is 2.79. The zero-order valence-corrected chi connectivity index (χ0v) is 15.3. The molecule has 1 heterocycles. The lowest BCUT2D eigenvalue weighted by Crippen LogP contribution is -2.44. The van der Waals surface area contributed by atoms with Gasteiger partial charge in [-0.3, -0.25) is 4.90 Å². The van der Waals surface area contributed by atoms with Gasteiger partial charge in [0.05, 0.1) is 25.6 Å². The van der Waals surface area contributed by atoms with E-state index in [1.54, 1.807) is 0 Å². The number of nitrogens with one attached hydrogen (secondary N) is 1. The van der Waals surface area contributed by atoms with E-state index in [4.69, 9.17) is 9.47 Å². The predicted molar refractivity (Wildman–Crippen MR) is 94.6 cm³/mol. The van der Waals surface area contributed by atoms with E-state index in [0.717, 1.165) is 25.1 Å². The molecule has 0 radical (unpaired) electrons. The number of methoxy groups -OCH3 is 1. The topological polar surface area (TPSA) is 67.9 Å². The number of hydrogen-bond donors (Lipinski definition) is 1. The van der Waals surface area contributed by atoms with Crippen LogP contribution in [0.5, 0.6) is 0 Å². The van der Waals surface area contributed by atoms with E-state index in [0.29, 0.717) is 19.8 Å². The highest BCUT2D eigenvalue weighted by Gasteiger charge is 2.24. The van der Waals surface area contributed by atoms with Gasteiger partial charge in [0.2, 0.25) is 10.0 Å². The van der Waals surface area contributed by atoms with Crippen molar-refractivity contribution < 1.29 is 17.9 Å². The Kier molecular flexibility index (Phi) is 7.64. The standard InChI is InChI=1S/C17H28N2O4S/c1-3-15-4-6-16(7-5-15)17(19-8-10-23-11-9-19)14-18-24(20,21)13-12-22-2/h4-7,17-18H,3,8-14H2,1-2H3. The van der Waals surface area contributed by atoms with Gasteiger partial charge in [0, 0.05) is 32.8 Å². The van der Waals surface area contributed by atoms with Crippen LogP contribution in [0.3, 0.4) is 0 Å². The minimum atomic E-state index is -3.33. The summed E-state index contributed by atoms with van der Waals surface area (Å²) in [6.07, 6.45) is 0.992. The summed E-state index contributed by atoms with van der Waals surface area (Å²) in [6.45, 7) is 5.65. The fourth-order valence-corrected chi connectivity index (χ4v) is 3.74. The first kappa shape index (κ1) is 19.3. The maximum Gasteiger partial charge on any atom is 0.213 e. The van der Waals surface area contributed by atoms with Crippen LogP contribution in [-0.2, 0) is 25.9 Å². The van der Waals surface area contributed by atoms with Crippen molar-refractivity contribution in [2.75, 3.05) is 52.3 Å². The number of rotatable bonds is 9. The van der Waals surface area contributed by atoms with Gasteiger partial charge in [-0.05, 0) is 17.5 Å². The Morgan fingerprint density at radius 1 is 1.25 bits per heavy atom. The van der Waals surface area contributed by atoms with Crippen molar-refractivity contribution in [3.63, 3.8) is 0 Å². The number of ether oxygens (including phenoxy) is 2. The zero-order valence-electron chi connectivity index (χ0n) is 14.5. The van der Waals surface area contributed by atoms with Crippen molar-refractivity contribution >= 4 is 10.0 Å². The van der Waals surface area contributed by atoms with Gasteiger partial charge >= 0.3 is 0 Å². The van der Waals surface area contributed by atoms with Crippen LogP contribution >= 0.6 is 0 Å². The molecule has 0 amide bonds. The minimum Gasteiger partial charge on any atom is -0.384 e. The average molecular weight is 356 g/mol. The zero-order chi connectivity index (χ0) is 17.4. The highest BCUT2D eigenvalue weighted by atomic mass is 32.2. The summed E-state index contributed by atoms with van der Waals surface area (Å²) in [5, 5.41) is 0. The molecular weight excluding hydrogens is 328 g/mol.